The first-order chi connectivity index (χ1) is 18.5. The maximum absolute atomic E-state index is 12.5. The Hall–Kier alpha value is -2.46. The summed E-state index contributed by atoms with van der Waals surface area (Å²) in [5, 5.41) is 12.5. The highest BCUT2D eigenvalue weighted by atomic mass is 16.5. The van der Waals surface area contributed by atoms with Gasteiger partial charge in [0.05, 0.1) is 42.4 Å². The molecule has 2 bridgehead atoms. The lowest BCUT2D eigenvalue weighted by Crippen LogP contribution is -2.67. The van der Waals surface area contributed by atoms with Crippen molar-refractivity contribution >= 4 is 0 Å². The van der Waals surface area contributed by atoms with E-state index in [4.69, 9.17) is 14.3 Å². The second kappa shape index (κ2) is 8.82. The molecular weight excluding hydrogens is 394 g/mol. The van der Waals surface area contributed by atoms with Crippen molar-refractivity contribution in [2.45, 2.75) is 31.4 Å². The lowest BCUT2D eigenvalue weighted by atomic mass is 9.56. The maximum Gasteiger partial charge on any atom is 0.121 e. The Morgan fingerprint density at radius 1 is 0.875 bits per heavy atom. The van der Waals surface area contributed by atoms with Gasteiger partial charge in [-0.05, 0) is 16.7 Å². The van der Waals surface area contributed by atoms with Crippen molar-refractivity contribution in [3.8, 4) is 0 Å². The van der Waals surface area contributed by atoms with Gasteiger partial charge in [-0.15, -0.1) is 0 Å². The van der Waals surface area contributed by atoms with Crippen molar-refractivity contribution in [1.82, 2.24) is 0 Å². The summed E-state index contributed by atoms with van der Waals surface area (Å²) < 4.78 is 62.8. The summed E-state index contributed by atoms with van der Waals surface area (Å²) in [5.41, 5.74) is -0.124. The molecule has 3 aliphatic rings. The van der Waals surface area contributed by atoms with Gasteiger partial charge in [-0.2, -0.15) is 0 Å². The average Bonchev–Trinajstić information content (AvgIpc) is 2.96. The van der Waals surface area contributed by atoms with Gasteiger partial charge in [-0.1, -0.05) is 90.9 Å². The summed E-state index contributed by atoms with van der Waals surface area (Å²) in [6.45, 7) is 0.532. The Kier molecular flexibility index (Phi) is 4.04. The molecule has 1 N–H and O–H groups in total. The highest BCUT2D eigenvalue weighted by molar-refractivity contribution is 5.39. The van der Waals surface area contributed by atoms with Crippen LogP contribution in [0.1, 0.15) is 45.5 Å². The molecule has 0 amide bonds. The molecule has 3 fully saturated rings. The minimum Gasteiger partial charge on any atom is -0.380 e. The van der Waals surface area contributed by atoms with E-state index >= 15 is 0 Å². The Morgan fingerprint density at radius 3 is 1.94 bits per heavy atom. The van der Waals surface area contributed by atoms with Crippen LogP contribution < -0.4 is 0 Å². The van der Waals surface area contributed by atoms with Gasteiger partial charge in [-0.3, -0.25) is 0 Å². The lowest BCUT2D eigenvalue weighted by molar-refractivity contribution is -0.946. The Bertz CT molecular complexity index is 1260. The van der Waals surface area contributed by atoms with Crippen LogP contribution in [-0.4, -0.2) is 42.4 Å². The van der Waals surface area contributed by atoms with Crippen LogP contribution in [0.15, 0.2) is 90.9 Å². The van der Waals surface area contributed by atoms with E-state index in [0.29, 0.717) is 6.54 Å². The number of nitrogens with zero attached hydrogens (tertiary/aromatic N) is 1. The molecule has 3 heterocycles. The van der Waals surface area contributed by atoms with Gasteiger partial charge in [0.25, 0.3) is 0 Å². The van der Waals surface area contributed by atoms with Gasteiger partial charge in [0.15, 0.2) is 0 Å². The van der Waals surface area contributed by atoms with Crippen LogP contribution in [0.4, 0.5) is 0 Å². The topological polar surface area (TPSA) is 29.5 Å². The van der Waals surface area contributed by atoms with Gasteiger partial charge in [-0.25, -0.2) is 0 Å². The highest BCUT2D eigenvalue weighted by Gasteiger charge is 2.60. The van der Waals surface area contributed by atoms with Crippen LogP contribution in [0.3, 0.4) is 0 Å². The van der Waals surface area contributed by atoms with E-state index in [9.17, 15) is 5.11 Å². The first kappa shape index (κ1) is 14.6. The predicted molar refractivity (Wildman–Crippen MR) is 128 cm³/mol. The van der Waals surface area contributed by atoms with Crippen molar-refractivity contribution < 1.29 is 23.9 Å². The average molecular weight is 436 g/mol. The van der Waals surface area contributed by atoms with Crippen molar-refractivity contribution in [1.29, 1.82) is 0 Å². The molecule has 0 radical (unpaired) electrons. The number of rotatable bonds is 8. The van der Waals surface area contributed by atoms with E-state index < -0.39 is 47.9 Å². The minimum atomic E-state index is -2.53. The molecule has 0 saturated carbocycles. The maximum atomic E-state index is 12.5. The smallest absolute Gasteiger partial charge is 0.121 e. The van der Waals surface area contributed by atoms with Gasteiger partial charge in [0.2, 0.25) is 0 Å². The van der Waals surface area contributed by atoms with Crippen molar-refractivity contribution in [2.24, 2.45) is 5.41 Å². The van der Waals surface area contributed by atoms with Gasteiger partial charge < -0.3 is 14.3 Å². The van der Waals surface area contributed by atoms with Crippen molar-refractivity contribution in [3.05, 3.63) is 108 Å². The molecule has 0 atom stereocenters. The number of fused-ring (bicyclic) bond motifs is 3. The normalized spacial score (nSPS) is 28.6. The fourth-order valence-corrected chi connectivity index (χ4v) is 5.74. The highest BCUT2D eigenvalue weighted by Crippen LogP contribution is 2.57. The van der Waals surface area contributed by atoms with Gasteiger partial charge >= 0.3 is 0 Å². The van der Waals surface area contributed by atoms with Crippen LogP contribution in [0, 0.1) is 5.41 Å². The molecule has 0 aromatic heterocycles. The first-order valence-corrected chi connectivity index (χ1v) is 11.4. The Morgan fingerprint density at radius 2 is 1.41 bits per heavy atom. The van der Waals surface area contributed by atoms with Crippen LogP contribution in [-0.2, 0) is 16.9 Å². The zero-order valence-corrected chi connectivity index (χ0v) is 18.2. The third-order valence-corrected chi connectivity index (χ3v) is 7.69. The molecule has 3 heteroatoms. The molecule has 3 aromatic carbocycles. The first-order valence-electron chi connectivity index (χ1n) is 14.9. The quantitative estimate of drug-likeness (QED) is 0.497. The van der Waals surface area contributed by atoms with E-state index in [1.807, 2.05) is 60.7 Å². The van der Waals surface area contributed by atoms with Crippen molar-refractivity contribution in [3.63, 3.8) is 0 Å². The number of ether oxygens (including phenoxy) is 1. The SMILES string of the molecule is [2H]c1c([2H])c([2H])c(C([2H])([2H])OCC[N+]23CCC(C(O)(c4ccccc4)c4ccccc4)(CC2)CC3)c([2H])c1[2H]. The number of quaternary nitrogens is 1. The van der Waals surface area contributed by atoms with E-state index in [1.54, 1.807) is 0 Å². The third-order valence-electron chi connectivity index (χ3n) is 7.69. The van der Waals surface area contributed by atoms with Gasteiger partial charge in [0, 0.05) is 24.7 Å². The molecule has 3 nitrogen and oxygen atoms in total. The molecule has 6 rings (SSSR count). The van der Waals surface area contributed by atoms with E-state index in [-0.39, 0.29) is 12.0 Å². The van der Waals surface area contributed by atoms with Crippen LogP contribution >= 0.6 is 0 Å². The second-order valence-corrected chi connectivity index (χ2v) is 9.16. The number of hydrogen-bond donors (Lipinski definition) is 1. The minimum absolute atomic E-state index is 0.0454. The fourth-order valence-electron chi connectivity index (χ4n) is 5.74. The third kappa shape index (κ3) is 3.79. The number of piperidine rings is 3. The summed E-state index contributed by atoms with van der Waals surface area (Å²) in [7, 11) is 0. The Balaban J connectivity index is 1.33. The van der Waals surface area contributed by atoms with Crippen LogP contribution in [0.2, 0.25) is 0 Å². The molecule has 3 aromatic rings. The molecule has 166 valence electrons. The van der Waals surface area contributed by atoms with E-state index in [0.717, 1.165) is 54.5 Å². The van der Waals surface area contributed by atoms with Crippen LogP contribution in [0.25, 0.3) is 0 Å². The van der Waals surface area contributed by atoms with Crippen molar-refractivity contribution in [2.75, 3.05) is 32.8 Å². The monoisotopic (exact) mass is 435 g/mol. The number of benzene rings is 3. The summed E-state index contributed by atoms with van der Waals surface area (Å²) in [6.07, 6.45) is 2.43. The molecule has 0 unspecified atom stereocenters. The molecular formula is C29H34NO2+. The number of hydrogen-bond acceptors (Lipinski definition) is 2. The zero-order chi connectivity index (χ0) is 28.1. The largest absolute Gasteiger partial charge is 0.380 e. The standard InChI is InChI=1S/C29H34NO2/c31-29(26-12-6-2-7-13-26,27-14-8-3-9-15-27)28-16-19-30(20-17-28,21-18-28)22-23-32-24-25-10-4-1-5-11-25/h1-15,31H,16-24H2/q+1/i1D,4D,5D,10D,11D,24D2. The summed E-state index contributed by atoms with van der Waals surface area (Å²) in [5.74, 6) is 0. The summed E-state index contributed by atoms with van der Waals surface area (Å²) in [6, 6.07) is 16.9. The van der Waals surface area contributed by atoms with Crippen LogP contribution in [0.5, 0.6) is 0 Å². The lowest BCUT2D eigenvalue weighted by Gasteiger charge is -2.60. The van der Waals surface area contributed by atoms with E-state index in [1.165, 1.54) is 0 Å². The molecule has 0 aliphatic carbocycles. The molecule has 3 aliphatic heterocycles. The van der Waals surface area contributed by atoms with E-state index in [2.05, 4.69) is 0 Å². The molecule has 3 saturated heterocycles. The number of aliphatic hydroxyl groups is 1. The fraction of sp³-hybridized carbons (Fsp3) is 0.379. The zero-order valence-electron chi connectivity index (χ0n) is 25.2. The van der Waals surface area contributed by atoms with Gasteiger partial charge in [0.1, 0.15) is 12.1 Å². The second-order valence-electron chi connectivity index (χ2n) is 9.16. The molecule has 0 spiro atoms. The summed E-state index contributed by atoms with van der Waals surface area (Å²) in [4.78, 5) is 0. The summed E-state index contributed by atoms with van der Waals surface area (Å²) >= 11 is 0. The Labute approximate surface area is 201 Å². The molecule has 32 heavy (non-hydrogen) atoms. The predicted octanol–water partition coefficient (Wildman–Crippen LogP) is 5.14.